The van der Waals surface area contributed by atoms with E-state index in [2.05, 4.69) is 82.1 Å². The molecule has 0 spiro atoms. The van der Waals surface area contributed by atoms with Crippen LogP contribution in [0.5, 0.6) is 0 Å². The fourth-order valence-corrected chi connectivity index (χ4v) is 4.89. The van der Waals surface area contributed by atoms with Gasteiger partial charge in [0, 0.05) is 128 Å². The van der Waals surface area contributed by atoms with E-state index in [-0.39, 0.29) is 83.7 Å². The van der Waals surface area contributed by atoms with E-state index in [4.69, 9.17) is 0 Å². The molecule has 0 radical (unpaired) electrons. The van der Waals surface area contributed by atoms with Crippen molar-refractivity contribution in [3.05, 3.63) is 24.3 Å². The van der Waals surface area contributed by atoms with E-state index >= 15 is 0 Å². The van der Waals surface area contributed by atoms with E-state index < -0.39 is 0 Å². The summed E-state index contributed by atoms with van der Waals surface area (Å²) in [5.41, 5.74) is 0. The van der Waals surface area contributed by atoms with Gasteiger partial charge in [-0.05, 0) is 23.6 Å². The highest BCUT2D eigenvalue weighted by atomic mass is 128. The molecular formula is C24H40I2N6O6P2S8. The molecule has 5 rings (SSSR count). The molecular weight excluding hydrogens is 1040 g/mol. The number of hydrogen-bond acceptors (Lipinski definition) is 16. The van der Waals surface area contributed by atoms with E-state index in [1.807, 2.05) is 21.6 Å². The molecule has 0 atom stereocenters. The van der Waals surface area contributed by atoms with Crippen molar-refractivity contribution in [3.63, 3.8) is 0 Å². The van der Waals surface area contributed by atoms with Gasteiger partial charge < -0.3 is 10.6 Å². The Morgan fingerprint density at radius 1 is 0.667 bits per heavy atom. The third-order valence-corrected chi connectivity index (χ3v) is 12.3. The van der Waals surface area contributed by atoms with Gasteiger partial charge in [-0.1, -0.05) is 87.0 Å². The lowest BCUT2D eigenvalue weighted by molar-refractivity contribution is -0.139. The molecule has 0 aliphatic carbocycles. The normalized spacial score (nSPS) is 16.3. The molecule has 24 heteroatoms. The maximum Gasteiger partial charge on any atom is 0.253 e. The van der Waals surface area contributed by atoms with Gasteiger partial charge in [0.25, 0.3) is 23.6 Å². The van der Waals surface area contributed by atoms with Crippen LogP contribution in [0.4, 0.5) is 0 Å². The van der Waals surface area contributed by atoms with Crippen molar-refractivity contribution in [2.24, 2.45) is 0 Å². The lowest BCUT2D eigenvalue weighted by Crippen LogP contribution is -2.36. The van der Waals surface area contributed by atoms with Gasteiger partial charge in [0.1, 0.15) is 9.41 Å². The van der Waals surface area contributed by atoms with Gasteiger partial charge in [-0.25, -0.2) is 0 Å². The van der Waals surface area contributed by atoms with Crippen LogP contribution in [0.1, 0.15) is 35.1 Å². The molecule has 4 N–H and O–H groups in total. The zero-order valence-corrected chi connectivity index (χ0v) is 35.7. The first-order valence-electron chi connectivity index (χ1n) is 12.5. The SMILES string of the molecule is C.C.C.C1SS1.II.O=C(CCN1C(=O)C=CC1=O)NCCNC1SS1.O=C(CCN1C(=O)C=CC1=O)NCCNC1SS1.S=PP=S. The first kappa shape index (κ1) is 53.6. The molecule has 0 unspecified atom stereocenters. The van der Waals surface area contributed by atoms with Crippen LogP contribution in [-0.2, 0) is 52.4 Å². The minimum Gasteiger partial charge on any atom is -0.355 e. The molecule has 3 saturated heterocycles. The summed E-state index contributed by atoms with van der Waals surface area (Å²) in [4.78, 5) is 69.9. The van der Waals surface area contributed by atoms with E-state index in [0.29, 0.717) is 22.5 Å². The van der Waals surface area contributed by atoms with Gasteiger partial charge in [-0.2, -0.15) is 0 Å². The molecule has 0 bridgehead atoms. The molecule has 6 amide bonds. The van der Waals surface area contributed by atoms with Crippen LogP contribution >= 0.6 is 116 Å². The van der Waals surface area contributed by atoms with E-state index in [1.54, 1.807) is 43.2 Å². The first-order chi connectivity index (χ1) is 21.7. The van der Waals surface area contributed by atoms with Gasteiger partial charge >= 0.3 is 0 Å². The molecule has 0 aromatic rings. The van der Waals surface area contributed by atoms with Gasteiger partial charge in [0.2, 0.25) is 11.8 Å². The van der Waals surface area contributed by atoms with Crippen LogP contribution in [-0.4, -0.2) is 99.0 Å². The average molecular weight is 1080 g/mol. The molecule has 0 aromatic carbocycles. The monoisotopic (exact) mass is 1080 g/mol. The predicted octanol–water partition coefficient (Wildman–Crippen LogP) is 6.11. The Labute approximate surface area is 344 Å². The second kappa shape index (κ2) is 34.0. The number of imide groups is 2. The van der Waals surface area contributed by atoms with Crippen molar-refractivity contribution < 1.29 is 28.8 Å². The second-order valence-corrected chi connectivity index (χ2v) is 20.6. The highest BCUT2D eigenvalue weighted by Gasteiger charge is 2.25. The molecule has 5 aliphatic rings. The quantitative estimate of drug-likeness (QED) is 0.0372. The van der Waals surface area contributed by atoms with Crippen molar-refractivity contribution in [1.82, 2.24) is 31.1 Å². The smallest absolute Gasteiger partial charge is 0.253 e. The summed E-state index contributed by atoms with van der Waals surface area (Å²) in [5, 5.41) is 13.2. The molecule has 5 aliphatic heterocycles. The summed E-state index contributed by atoms with van der Waals surface area (Å²) in [5.74, 6) is -1.70. The molecule has 5 heterocycles. The lowest BCUT2D eigenvalue weighted by atomic mass is 10.3. The van der Waals surface area contributed by atoms with Crippen molar-refractivity contribution in [2.75, 3.05) is 44.4 Å². The van der Waals surface area contributed by atoms with E-state index in [9.17, 15) is 28.8 Å². The van der Waals surface area contributed by atoms with Crippen molar-refractivity contribution in [3.8, 4) is 0 Å². The minimum atomic E-state index is -0.350. The van der Waals surface area contributed by atoms with Crippen LogP contribution in [0, 0.1) is 0 Å². The van der Waals surface area contributed by atoms with Crippen molar-refractivity contribution in [2.45, 2.75) is 44.5 Å². The lowest BCUT2D eigenvalue weighted by Gasteiger charge is -2.13. The summed E-state index contributed by atoms with van der Waals surface area (Å²) in [6, 6.07) is 0. The number of amides is 6. The maximum atomic E-state index is 11.5. The Morgan fingerprint density at radius 2 is 0.958 bits per heavy atom. The first-order valence-corrected chi connectivity index (χ1v) is 30.3. The zero-order valence-electron chi connectivity index (χ0n) is 23.1. The van der Waals surface area contributed by atoms with E-state index in [0.717, 1.165) is 37.0 Å². The van der Waals surface area contributed by atoms with Crippen LogP contribution in [0.15, 0.2) is 24.3 Å². The minimum absolute atomic E-state index is 0. The van der Waals surface area contributed by atoms with Crippen LogP contribution in [0.2, 0.25) is 0 Å². The third kappa shape index (κ3) is 28.8. The Hall–Kier alpha value is 1.22. The highest BCUT2D eigenvalue weighted by molar-refractivity contribution is 15.0. The van der Waals surface area contributed by atoms with Crippen LogP contribution < -0.4 is 21.3 Å². The summed E-state index contributed by atoms with van der Waals surface area (Å²) in [6.07, 6.45) is 5.16. The van der Waals surface area contributed by atoms with Gasteiger partial charge in [-0.3, -0.25) is 49.2 Å². The summed E-state index contributed by atoms with van der Waals surface area (Å²) in [6.45, 7) is 2.82. The number of nitrogens with zero attached hydrogens (tertiary/aromatic N) is 2. The van der Waals surface area contributed by atoms with Gasteiger partial charge in [0.15, 0.2) is 0 Å². The van der Waals surface area contributed by atoms with Crippen LogP contribution in [0.3, 0.4) is 0 Å². The molecule has 3 fully saturated rings. The third-order valence-electron chi connectivity index (χ3n) is 4.98. The highest BCUT2D eigenvalue weighted by Crippen LogP contribution is 2.51. The van der Waals surface area contributed by atoms with Crippen molar-refractivity contribution in [1.29, 1.82) is 0 Å². The number of nitrogens with one attached hydrogen (secondary N) is 4. The largest absolute Gasteiger partial charge is 0.355 e. The number of rotatable bonds is 15. The zero-order chi connectivity index (χ0) is 33.5. The summed E-state index contributed by atoms with van der Waals surface area (Å²) < 4.78 is 0.931. The molecule has 0 saturated carbocycles. The fourth-order valence-electron chi connectivity index (χ4n) is 2.88. The molecule has 48 heavy (non-hydrogen) atoms. The molecule has 12 nitrogen and oxygen atoms in total. The second-order valence-electron chi connectivity index (χ2n) is 8.00. The Kier molecular flexibility index (Phi) is 38.0. The standard InChI is InChI=1S/2C10H13N3O3S2.CH2S2.3CH4.I2.P2S2/c2*14-7(11-4-5-12-10-17-18-10)3-6-13-8(15)1-2-9(13)16;1-2-3-1;;;;1-2;3-1-2-4/h2*1-2,10,12H,3-6H2,(H,11,14);1H2;3*1H4;;. The summed E-state index contributed by atoms with van der Waals surface area (Å²) >= 11 is 13.1. The van der Waals surface area contributed by atoms with Crippen LogP contribution in [0.25, 0.3) is 0 Å². The Bertz CT molecular complexity index is 993. The number of carbonyl (C=O) groups excluding carboxylic acids is 6. The Morgan fingerprint density at radius 3 is 1.19 bits per heavy atom. The summed E-state index contributed by atoms with van der Waals surface area (Å²) in [7, 11) is 12.6. The number of halogens is 2. The molecule has 274 valence electrons. The predicted molar refractivity (Wildman–Crippen MR) is 238 cm³/mol. The Balaban J connectivity index is -0.000000640. The molecule has 0 aromatic heterocycles. The average Bonchev–Trinajstić information content (AvgIpc) is 3.89. The van der Waals surface area contributed by atoms with Gasteiger partial charge in [0.05, 0.1) is 5.08 Å². The maximum absolute atomic E-state index is 11.5. The van der Waals surface area contributed by atoms with Gasteiger partial charge in [-0.15, -0.1) is 0 Å². The fraction of sp³-hybridized carbons (Fsp3) is 0.583. The number of carbonyl (C=O) groups is 6. The van der Waals surface area contributed by atoms with Crippen molar-refractivity contribution >= 4 is 175 Å². The van der Waals surface area contributed by atoms with E-state index in [1.165, 1.54) is 29.4 Å². The topological polar surface area (TPSA) is 157 Å². The number of hydrogen-bond donors (Lipinski definition) is 4.